The van der Waals surface area contributed by atoms with E-state index in [2.05, 4.69) is 166 Å². The number of aromatic nitrogens is 8. The summed E-state index contributed by atoms with van der Waals surface area (Å²) >= 11 is 2.15. The van der Waals surface area contributed by atoms with Crippen molar-refractivity contribution in [3.8, 4) is 22.7 Å². The molecule has 0 amide bonds. The van der Waals surface area contributed by atoms with E-state index in [1.54, 1.807) is 13.1 Å². The number of benzene rings is 4. The third kappa shape index (κ3) is 8.82. The zero-order valence-electron chi connectivity index (χ0n) is 32.5. The maximum Gasteiger partial charge on any atom is 0.302 e. The molecule has 6 aromatic heterocycles. The molecule has 6 heterocycles. The minimum absolute atomic E-state index is 0. The monoisotopic (exact) mass is 992 g/mol. The van der Waals surface area contributed by atoms with Crippen molar-refractivity contribution in [2.45, 2.75) is 13.8 Å². The normalized spacial score (nSPS) is 10.5. The Kier molecular flexibility index (Phi) is 14.1. The van der Waals surface area contributed by atoms with E-state index >= 15 is 0 Å². The Balaban J connectivity index is 0.000000163. The Labute approximate surface area is 367 Å². The van der Waals surface area contributed by atoms with Gasteiger partial charge in [0, 0.05) is 70.3 Å². The summed E-state index contributed by atoms with van der Waals surface area (Å²) in [7, 11) is 2.03. The minimum Gasteiger partial charge on any atom is -1.00 e. The quantitative estimate of drug-likeness (QED) is 0.0822. The van der Waals surface area contributed by atoms with E-state index in [9.17, 15) is 4.79 Å². The number of hydrogen-bond donors (Lipinski definition) is 0. The fraction of sp³-hybridized carbons (Fsp3) is 0.109. The molecule has 0 bridgehead atoms. The summed E-state index contributed by atoms with van der Waals surface area (Å²) in [4.78, 5) is 25.2. The van der Waals surface area contributed by atoms with E-state index in [-0.39, 0.29) is 29.9 Å². The van der Waals surface area contributed by atoms with Crippen LogP contribution in [0.1, 0.15) is 13.8 Å². The van der Waals surface area contributed by atoms with Crippen molar-refractivity contribution in [2.75, 3.05) is 11.5 Å². The smallest absolute Gasteiger partial charge is 0.302 e. The SMILES string of the molecule is CCOC(C)=O.CI.C[n+]1ccn(-c2ccc3c(c2)c2cccnc2n3-c2ccccc2)c1.[I-].c1ccc(-n2c3ccc(-n4ccnc4)cc3c3cccnc32)cc1. The maximum atomic E-state index is 9.82. The minimum atomic E-state index is -0.211. The lowest BCUT2D eigenvalue weighted by atomic mass is 10.2. The molecule has 58 heavy (non-hydrogen) atoms. The Morgan fingerprint density at radius 3 is 1.57 bits per heavy atom. The number of carbonyl (C=O) groups is 1. The van der Waals surface area contributed by atoms with Crippen molar-refractivity contribution in [1.82, 2.24) is 33.2 Å². The number of aryl methyl sites for hydroxylation is 1. The lowest BCUT2D eigenvalue weighted by Crippen LogP contribution is -3.00. The third-order valence-electron chi connectivity index (χ3n) is 9.27. The molecular formula is C46H42I2N8O2. The maximum absolute atomic E-state index is 9.82. The van der Waals surface area contributed by atoms with Gasteiger partial charge in [-0.25, -0.2) is 24.1 Å². The van der Waals surface area contributed by atoms with Gasteiger partial charge >= 0.3 is 5.97 Å². The second-order valence-corrected chi connectivity index (χ2v) is 12.9. The summed E-state index contributed by atoms with van der Waals surface area (Å²) in [6.45, 7) is 3.65. The number of para-hydroxylation sites is 2. The van der Waals surface area contributed by atoms with Crippen LogP contribution < -0.4 is 28.5 Å². The van der Waals surface area contributed by atoms with Gasteiger partial charge < -0.3 is 33.3 Å². The molecule has 0 fully saturated rings. The van der Waals surface area contributed by atoms with Crippen LogP contribution in [0.25, 0.3) is 66.6 Å². The molecule has 10 nitrogen and oxygen atoms in total. The van der Waals surface area contributed by atoms with Crippen LogP contribution in [0, 0.1) is 0 Å². The van der Waals surface area contributed by atoms with Crippen molar-refractivity contribution in [1.29, 1.82) is 0 Å². The number of carbonyl (C=O) groups excluding carboxylic acids is 1. The van der Waals surface area contributed by atoms with Gasteiger partial charge in [-0.3, -0.25) is 13.9 Å². The molecule has 292 valence electrons. The van der Waals surface area contributed by atoms with Crippen LogP contribution in [0.3, 0.4) is 0 Å². The summed E-state index contributed by atoms with van der Waals surface area (Å²) < 4.78 is 15.0. The van der Waals surface area contributed by atoms with Crippen LogP contribution in [-0.2, 0) is 16.6 Å². The molecule has 0 unspecified atom stereocenters. The number of pyridine rings is 2. The summed E-state index contributed by atoms with van der Waals surface area (Å²) in [6, 6.07) is 42.0. The van der Waals surface area contributed by atoms with Gasteiger partial charge in [0.05, 0.1) is 31.0 Å². The molecule has 0 saturated carbocycles. The van der Waals surface area contributed by atoms with Crippen LogP contribution >= 0.6 is 22.6 Å². The summed E-state index contributed by atoms with van der Waals surface area (Å²) in [5.74, 6) is -0.211. The first-order valence-corrected chi connectivity index (χ1v) is 20.6. The number of imidazole rings is 2. The molecule has 12 heteroatoms. The van der Waals surface area contributed by atoms with Gasteiger partial charge in [0.1, 0.15) is 29.4 Å². The lowest BCUT2D eigenvalue weighted by molar-refractivity contribution is -0.670. The Bertz CT molecular complexity index is 2890. The average Bonchev–Trinajstić information content (AvgIpc) is 4.07. The van der Waals surface area contributed by atoms with E-state index in [0.717, 1.165) is 44.9 Å². The van der Waals surface area contributed by atoms with Gasteiger partial charge in [-0.05, 0) is 96.8 Å². The summed E-state index contributed by atoms with van der Waals surface area (Å²) in [5, 5.41) is 4.71. The van der Waals surface area contributed by atoms with E-state index in [4.69, 9.17) is 0 Å². The fourth-order valence-corrected chi connectivity index (χ4v) is 6.88. The molecular weight excluding hydrogens is 950 g/mol. The van der Waals surface area contributed by atoms with Gasteiger partial charge in [0.2, 0.25) is 6.33 Å². The molecule has 0 saturated heterocycles. The number of nitrogens with zero attached hydrogens (tertiary/aromatic N) is 8. The highest BCUT2D eigenvalue weighted by Gasteiger charge is 2.16. The number of alkyl halides is 1. The van der Waals surface area contributed by atoms with Gasteiger partial charge in [0.15, 0.2) is 0 Å². The van der Waals surface area contributed by atoms with Gasteiger partial charge in [0.25, 0.3) is 0 Å². The highest BCUT2D eigenvalue weighted by atomic mass is 127. The second-order valence-electron chi connectivity index (χ2n) is 12.9. The molecule has 4 aromatic carbocycles. The van der Waals surface area contributed by atoms with Gasteiger partial charge in [-0.2, -0.15) is 0 Å². The van der Waals surface area contributed by atoms with E-state index < -0.39 is 0 Å². The molecule has 0 atom stereocenters. The molecule has 0 N–H and O–H groups in total. The number of esters is 1. The Hall–Kier alpha value is -5.87. The van der Waals surface area contributed by atoms with Crippen molar-refractivity contribution >= 4 is 72.4 Å². The van der Waals surface area contributed by atoms with Crippen molar-refractivity contribution in [2.24, 2.45) is 7.05 Å². The number of hydrogen-bond acceptors (Lipinski definition) is 5. The first kappa shape index (κ1) is 41.8. The van der Waals surface area contributed by atoms with Gasteiger partial charge in [-0.1, -0.05) is 59.0 Å². The summed E-state index contributed by atoms with van der Waals surface area (Å²) in [5.41, 5.74) is 8.76. The predicted octanol–water partition coefficient (Wildman–Crippen LogP) is 6.78. The number of ether oxygens (including phenoxy) is 1. The largest absolute Gasteiger partial charge is 1.00 e. The van der Waals surface area contributed by atoms with Crippen molar-refractivity contribution in [3.05, 3.63) is 171 Å². The van der Waals surface area contributed by atoms with E-state index in [1.807, 2.05) is 76.5 Å². The number of fused-ring (bicyclic) bond motifs is 6. The topological polar surface area (TPSA) is 88.6 Å². The number of rotatable bonds is 5. The Morgan fingerprint density at radius 1 is 0.638 bits per heavy atom. The highest BCUT2D eigenvalue weighted by molar-refractivity contribution is 14.1. The number of halogens is 2. The Morgan fingerprint density at radius 2 is 1.16 bits per heavy atom. The average molecular weight is 993 g/mol. The van der Waals surface area contributed by atoms with Crippen molar-refractivity contribution in [3.63, 3.8) is 0 Å². The van der Waals surface area contributed by atoms with Crippen molar-refractivity contribution < 1.29 is 38.1 Å². The molecule has 0 aliphatic heterocycles. The highest BCUT2D eigenvalue weighted by Crippen LogP contribution is 2.33. The third-order valence-corrected chi connectivity index (χ3v) is 9.27. The first-order valence-electron chi connectivity index (χ1n) is 18.4. The first-order chi connectivity index (χ1) is 28.0. The van der Waals surface area contributed by atoms with Crippen LogP contribution in [0.2, 0.25) is 0 Å². The van der Waals surface area contributed by atoms with Crippen LogP contribution in [0.5, 0.6) is 0 Å². The molecule has 0 aliphatic rings. The van der Waals surface area contributed by atoms with Crippen LogP contribution in [0.15, 0.2) is 171 Å². The molecule has 0 aliphatic carbocycles. The zero-order chi connectivity index (χ0) is 39.7. The zero-order valence-corrected chi connectivity index (χ0v) is 36.8. The summed E-state index contributed by atoms with van der Waals surface area (Å²) in [6.07, 6.45) is 15.4. The lowest BCUT2D eigenvalue weighted by Gasteiger charge is -2.07. The van der Waals surface area contributed by atoms with Crippen LogP contribution in [-0.4, -0.2) is 50.7 Å². The van der Waals surface area contributed by atoms with Crippen LogP contribution in [0.4, 0.5) is 0 Å². The molecule has 10 aromatic rings. The van der Waals surface area contributed by atoms with E-state index in [1.165, 1.54) is 28.6 Å². The second kappa shape index (κ2) is 19.5. The molecule has 0 radical (unpaired) electrons. The van der Waals surface area contributed by atoms with E-state index in [0.29, 0.717) is 6.61 Å². The predicted molar refractivity (Wildman–Crippen MR) is 237 cm³/mol. The van der Waals surface area contributed by atoms with Gasteiger partial charge in [-0.15, -0.1) is 0 Å². The standard InChI is InChI=1S/C21H17N4.C20H14N4.C4H8O2.CH3I.HI/c1-23-12-13-24(15-23)17-9-10-20-19(14-17)18-8-5-11-22-21(18)25(20)16-6-3-2-4-7-16;1-2-5-15(6-3-1)24-19-9-8-16(23-12-11-21-14-23)13-18(19)17-7-4-10-22-20(17)24;1-3-6-4(2)5;1-2;/h2-15H,1H3;1-14H;3H2,1-2H3;1H3;1H/q+1;;;;/p-1. The molecule has 0 spiro atoms. The fourth-order valence-electron chi connectivity index (χ4n) is 6.88. The molecule has 10 rings (SSSR count).